The van der Waals surface area contributed by atoms with Gasteiger partial charge in [-0.1, -0.05) is 91.0 Å². The minimum Gasteiger partial charge on any atom is -0.456 e. The van der Waals surface area contributed by atoms with Crippen molar-refractivity contribution in [3.05, 3.63) is 140 Å². The number of hydrogen-bond donors (Lipinski definition) is 0. The molecule has 1 aliphatic heterocycles. The van der Waals surface area contributed by atoms with Crippen LogP contribution in [0.5, 0.6) is 11.5 Å². The highest BCUT2D eigenvalue weighted by molar-refractivity contribution is 6.21. The lowest BCUT2D eigenvalue weighted by atomic mass is 9.91. The Morgan fingerprint density at radius 1 is 0.425 bits per heavy atom. The maximum absolute atomic E-state index is 6.34. The number of fused-ring (bicyclic) bond motifs is 7. The van der Waals surface area contributed by atoms with E-state index in [1.54, 1.807) is 0 Å². The van der Waals surface area contributed by atoms with Crippen molar-refractivity contribution in [1.82, 2.24) is 4.57 Å². The van der Waals surface area contributed by atoms with Crippen LogP contribution in [0.3, 0.4) is 0 Å². The number of hydrogen-bond acceptors (Lipinski definition) is 1. The molecular weight excluding hydrogens is 486 g/mol. The van der Waals surface area contributed by atoms with Crippen molar-refractivity contribution in [3.63, 3.8) is 0 Å². The van der Waals surface area contributed by atoms with E-state index in [9.17, 15) is 0 Å². The zero-order valence-corrected chi connectivity index (χ0v) is 21.6. The Kier molecular flexibility index (Phi) is 4.36. The quantitative estimate of drug-likeness (QED) is 0.226. The summed E-state index contributed by atoms with van der Waals surface area (Å²) in [5, 5.41) is 7.47. The standard InChI is InChI=1S/C38H23NO/c1-2-10-28(11-3-1)39-33-14-5-4-12-31(33)38-29-19-16-25(22-27(29)17-20-34(38)39)26-18-21-35-32(23-26)30-13-6-8-24-9-7-15-36(40-35)37(24)30/h1-23H. The average molecular weight is 510 g/mol. The number of para-hydroxylation sites is 2. The molecule has 1 aliphatic rings. The van der Waals surface area contributed by atoms with Crippen molar-refractivity contribution < 1.29 is 4.74 Å². The third-order valence-corrected chi connectivity index (χ3v) is 8.36. The predicted octanol–water partition coefficient (Wildman–Crippen LogP) is 10.5. The molecule has 0 fully saturated rings. The van der Waals surface area contributed by atoms with Gasteiger partial charge >= 0.3 is 0 Å². The summed E-state index contributed by atoms with van der Waals surface area (Å²) in [5.74, 6) is 1.84. The second-order valence-electron chi connectivity index (χ2n) is 10.6. The molecule has 0 N–H and O–H groups in total. The van der Waals surface area contributed by atoms with E-state index in [0.717, 1.165) is 17.1 Å². The summed E-state index contributed by atoms with van der Waals surface area (Å²) in [4.78, 5) is 0. The van der Waals surface area contributed by atoms with Crippen LogP contribution in [0, 0.1) is 0 Å². The monoisotopic (exact) mass is 509 g/mol. The van der Waals surface area contributed by atoms with E-state index in [1.807, 2.05) is 0 Å². The highest BCUT2D eigenvalue weighted by Gasteiger charge is 2.20. The van der Waals surface area contributed by atoms with Gasteiger partial charge in [0.2, 0.25) is 0 Å². The number of rotatable bonds is 2. The van der Waals surface area contributed by atoms with Crippen LogP contribution in [0.1, 0.15) is 0 Å². The molecule has 2 nitrogen and oxygen atoms in total. The first-order chi connectivity index (χ1) is 19.8. The van der Waals surface area contributed by atoms with Crippen LogP contribution in [0.2, 0.25) is 0 Å². The summed E-state index contributed by atoms with van der Waals surface area (Å²) in [6, 6.07) is 50.1. The normalized spacial score (nSPS) is 12.2. The van der Waals surface area contributed by atoms with E-state index in [2.05, 4.69) is 144 Å². The summed E-state index contributed by atoms with van der Waals surface area (Å²) >= 11 is 0. The lowest BCUT2D eigenvalue weighted by molar-refractivity contribution is 0.487. The van der Waals surface area contributed by atoms with Crippen molar-refractivity contribution in [1.29, 1.82) is 0 Å². The van der Waals surface area contributed by atoms with Crippen molar-refractivity contribution >= 4 is 43.4 Å². The lowest BCUT2D eigenvalue weighted by Gasteiger charge is -2.22. The molecule has 1 aromatic heterocycles. The van der Waals surface area contributed by atoms with Crippen molar-refractivity contribution in [3.8, 4) is 39.4 Å². The molecule has 7 aromatic carbocycles. The maximum Gasteiger partial charge on any atom is 0.135 e. The van der Waals surface area contributed by atoms with Gasteiger partial charge in [-0.25, -0.2) is 0 Å². The van der Waals surface area contributed by atoms with E-state index in [4.69, 9.17) is 4.74 Å². The first-order valence-electron chi connectivity index (χ1n) is 13.7. The largest absolute Gasteiger partial charge is 0.456 e. The SMILES string of the molecule is c1ccc(-n2c3ccccc3c3c4ccc(-c5ccc6c(c5)-c5cccc7cccc(c57)O6)cc4ccc32)cc1. The van der Waals surface area contributed by atoms with Gasteiger partial charge in [0.25, 0.3) is 0 Å². The fourth-order valence-electron chi connectivity index (χ4n) is 6.58. The molecule has 0 saturated heterocycles. The third kappa shape index (κ3) is 2.99. The van der Waals surface area contributed by atoms with Crippen LogP contribution >= 0.6 is 0 Å². The Balaban J connectivity index is 1.24. The van der Waals surface area contributed by atoms with E-state index in [0.29, 0.717) is 0 Å². The van der Waals surface area contributed by atoms with Crippen LogP contribution in [-0.4, -0.2) is 4.57 Å². The molecule has 0 unspecified atom stereocenters. The molecule has 0 bridgehead atoms. The minimum absolute atomic E-state index is 0.908. The molecule has 0 radical (unpaired) electrons. The van der Waals surface area contributed by atoms with Gasteiger partial charge in [-0.3, -0.25) is 0 Å². The molecule has 8 aromatic rings. The van der Waals surface area contributed by atoms with Gasteiger partial charge in [0.05, 0.1) is 11.0 Å². The number of nitrogens with zero attached hydrogens (tertiary/aromatic N) is 1. The molecular formula is C38H23NO. The summed E-state index contributed by atoms with van der Waals surface area (Å²) in [6.45, 7) is 0. The van der Waals surface area contributed by atoms with Gasteiger partial charge in [0, 0.05) is 27.4 Å². The lowest BCUT2D eigenvalue weighted by Crippen LogP contribution is -1.97. The average Bonchev–Trinajstić information content (AvgIpc) is 3.36. The second kappa shape index (κ2) is 8.08. The highest BCUT2D eigenvalue weighted by Crippen LogP contribution is 2.47. The summed E-state index contributed by atoms with van der Waals surface area (Å²) in [5.41, 5.74) is 8.39. The van der Waals surface area contributed by atoms with Crippen LogP contribution in [-0.2, 0) is 0 Å². The number of ether oxygens (including phenoxy) is 1. The van der Waals surface area contributed by atoms with Crippen molar-refractivity contribution in [2.24, 2.45) is 0 Å². The van der Waals surface area contributed by atoms with Crippen LogP contribution in [0.4, 0.5) is 0 Å². The predicted molar refractivity (Wildman–Crippen MR) is 167 cm³/mol. The molecule has 0 saturated carbocycles. The number of benzene rings is 7. The zero-order valence-electron chi connectivity index (χ0n) is 21.6. The Labute approximate surface area is 231 Å². The van der Waals surface area contributed by atoms with Crippen LogP contribution < -0.4 is 4.74 Å². The molecule has 0 spiro atoms. The van der Waals surface area contributed by atoms with Gasteiger partial charge in [0.1, 0.15) is 11.5 Å². The molecule has 2 heterocycles. The molecule has 0 aliphatic carbocycles. The van der Waals surface area contributed by atoms with Crippen LogP contribution in [0.25, 0.3) is 71.3 Å². The second-order valence-corrected chi connectivity index (χ2v) is 10.6. The molecule has 186 valence electrons. The van der Waals surface area contributed by atoms with Gasteiger partial charge in [-0.15, -0.1) is 0 Å². The summed E-state index contributed by atoms with van der Waals surface area (Å²) < 4.78 is 8.71. The zero-order chi connectivity index (χ0) is 26.2. The van der Waals surface area contributed by atoms with E-state index >= 15 is 0 Å². The third-order valence-electron chi connectivity index (χ3n) is 8.36. The van der Waals surface area contributed by atoms with Crippen LogP contribution in [0.15, 0.2) is 140 Å². The first kappa shape index (κ1) is 21.6. The van der Waals surface area contributed by atoms with E-state index in [-0.39, 0.29) is 0 Å². The van der Waals surface area contributed by atoms with Crippen molar-refractivity contribution in [2.75, 3.05) is 0 Å². The topological polar surface area (TPSA) is 14.2 Å². The first-order valence-corrected chi connectivity index (χ1v) is 13.7. The molecule has 0 atom stereocenters. The van der Waals surface area contributed by atoms with Gasteiger partial charge < -0.3 is 9.30 Å². The van der Waals surface area contributed by atoms with Gasteiger partial charge in [-0.05, 0) is 81.4 Å². The summed E-state index contributed by atoms with van der Waals surface area (Å²) in [6.07, 6.45) is 0. The molecule has 40 heavy (non-hydrogen) atoms. The van der Waals surface area contributed by atoms with E-state index < -0.39 is 0 Å². The number of aromatic nitrogens is 1. The molecule has 9 rings (SSSR count). The minimum atomic E-state index is 0.908. The summed E-state index contributed by atoms with van der Waals surface area (Å²) in [7, 11) is 0. The fourth-order valence-corrected chi connectivity index (χ4v) is 6.58. The molecule has 2 heteroatoms. The Hall–Kier alpha value is -5.34. The maximum atomic E-state index is 6.34. The van der Waals surface area contributed by atoms with Gasteiger partial charge in [0.15, 0.2) is 0 Å². The molecule has 0 amide bonds. The smallest absolute Gasteiger partial charge is 0.135 e. The van der Waals surface area contributed by atoms with E-state index in [1.165, 1.54) is 65.7 Å². The Morgan fingerprint density at radius 2 is 1.23 bits per heavy atom. The van der Waals surface area contributed by atoms with Gasteiger partial charge in [-0.2, -0.15) is 0 Å². The fraction of sp³-hybridized carbons (Fsp3) is 0. The highest BCUT2D eigenvalue weighted by atomic mass is 16.5. The Bertz CT molecular complexity index is 2290. The van der Waals surface area contributed by atoms with Crippen molar-refractivity contribution in [2.45, 2.75) is 0 Å². The Morgan fingerprint density at radius 3 is 2.15 bits per heavy atom.